The van der Waals surface area contributed by atoms with Crippen LogP contribution in [0, 0.1) is 5.41 Å². The second-order valence-electron chi connectivity index (χ2n) is 16.2. The number of carbonyl (C=O) groups is 2. The van der Waals surface area contributed by atoms with Crippen molar-refractivity contribution in [2.75, 3.05) is 48.8 Å². The highest BCUT2D eigenvalue weighted by molar-refractivity contribution is 7.86. The Balaban J connectivity index is 1.63. The fraction of sp³-hybridized carbons (Fsp3) is 0.439. The second kappa shape index (κ2) is 17.3. The fourth-order valence-electron chi connectivity index (χ4n) is 8.39. The molecule has 320 valence electrons. The molecule has 0 saturated carbocycles. The summed E-state index contributed by atoms with van der Waals surface area (Å²) < 4.78 is 99.8. The number of hydrogen-bond acceptors (Lipinski definition) is 9. The van der Waals surface area contributed by atoms with Crippen molar-refractivity contribution in [1.29, 1.82) is 0 Å². The minimum absolute atomic E-state index is 0.0864. The van der Waals surface area contributed by atoms with E-state index in [4.69, 9.17) is 0 Å². The summed E-state index contributed by atoms with van der Waals surface area (Å²) in [5.74, 6) is -2.98. The molecule has 0 saturated heterocycles. The first-order valence-electron chi connectivity index (χ1n) is 19.2. The minimum atomic E-state index is -4.43. The molecule has 2 aliphatic heterocycles. The summed E-state index contributed by atoms with van der Waals surface area (Å²) in [6.45, 7) is 8.22. The Morgan fingerprint density at radius 3 is 2.02 bits per heavy atom. The molecule has 0 radical (unpaired) electrons. The number of fused-ring (bicyclic) bond motifs is 2. The van der Waals surface area contributed by atoms with Gasteiger partial charge in [-0.15, -0.1) is 0 Å². The Labute approximate surface area is 346 Å². The third-order valence-corrected chi connectivity index (χ3v) is 13.5. The van der Waals surface area contributed by atoms with Crippen molar-refractivity contribution in [1.82, 2.24) is 10.6 Å². The minimum Gasteiger partial charge on any atom is -0.358 e. The lowest BCUT2D eigenvalue weighted by atomic mass is 9.70. The molecule has 18 heteroatoms. The molecule has 59 heavy (non-hydrogen) atoms. The quantitative estimate of drug-likeness (QED) is 0.0907. The van der Waals surface area contributed by atoms with Crippen LogP contribution in [-0.2, 0) is 50.8 Å². The SMILES string of the molecule is CNC(=O)C1(C(=O)NCCS(=O)(=O)O)CC(/C=C/C2=[N+](CCCS(=O)(=O)O)c3ccccc3C2(C)C)=CC(=C/C=C2/N(CCCS(=O)(=O)O)c3ccccc3C2(C)C)/C1. The molecule has 0 spiro atoms. The molecule has 2 aromatic carbocycles. The van der Waals surface area contributed by atoms with Crippen LogP contribution in [0.25, 0.3) is 0 Å². The largest absolute Gasteiger partial charge is 0.358 e. The predicted molar refractivity (Wildman–Crippen MR) is 227 cm³/mol. The maximum absolute atomic E-state index is 14.1. The molecule has 2 heterocycles. The molecule has 15 nitrogen and oxygen atoms in total. The first-order valence-corrected chi connectivity index (χ1v) is 24.0. The van der Waals surface area contributed by atoms with Gasteiger partial charge in [-0.3, -0.25) is 23.2 Å². The van der Waals surface area contributed by atoms with Crippen LogP contribution in [0.4, 0.5) is 11.4 Å². The van der Waals surface area contributed by atoms with Crippen molar-refractivity contribution in [2.45, 2.75) is 64.2 Å². The van der Waals surface area contributed by atoms with Gasteiger partial charge >= 0.3 is 0 Å². The van der Waals surface area contributed by atoms with Crippen molar-refractivity contribution in [3.8, 4) is 0 Å². The summed E-state index contributed by atoms with van der Waals surface area (Å²) >= 11 is 0. The molecular weight excluding hydrogens is 821 g/mol. The average Bonchev–Trinajstić information content (AvgIpc) is 3.49. The topological polar surface area (TPSA) is 228 Å². The number of anilines is 1. The lowest BCUT2D eigenvalue weighted by molar-refractivity contribution is -0.437. The highest BCUT2D eigenvalue weighted by atomic mass is 32.2. The maximum Gasteiger partial charge on any atom is 0.266 e. The van der Waals surface area contributed by atoms with Gasteiger partial charge in [-0.25, -0.2) is 0 Å². The van der Waals surface area contributed by atoms with E-state index in [1.165, 1.54) is 7.05 Å². The number of allylic oxidation sites excluding steroid dienone is 8. The summed E-state index contributed by atoms with van der Waals surface area (Å²) in [4.78, 5) is 30.0. The van der Waals surface area contributed by atoms with Crippen LogP contribution < -0.4 is 15.5 Å². The maximum atomic E-state index is 14.1. The number of hydrogen-bond donors (Lipinski definition) is 5. The van der Waals surface area contributed by atoms with Crippen LogP contribution in [-0.4, -0.2) is 105 Å². The Kier molecular flexibility index (Phi) is 13.3. The zero-order valence-electron chi connectivity index (χ0n) is 33.8. The lowest BCUT2D eigenvalue weighted by Gasteiger charge is -2.35. The molecule has 1 atom stereocenters. The Hall–Kier alpha value is -4.46. The van der Waals surface area contributed by atoms with Crippen molar-refractivity contribution in [3.63, 3.8) is 0 Å². The number of nitrogens with one attached hydrogen (secondary N) is 2. The summed E-state index contributed by atoms with van der Waals surface area (Å²) in [6, 6.07) is 15.4. The monoisotopic (exact) mass is 873 g/mol. The zero-order valence-corrected chi connectivity index (χ0v) is 36.3. The van der Waals surface area contributed by atoms with Crippen LogP contribution in [0.1, 0.15) is 64.5 Å². The van der Waals surface area contributed by atoms with E-state index >= 15 is 0 Å². The molecule has 1 unspecified atom stereocenters. The van der Waals surface area contributed by atoms with E-state index in [-0.39, 0.29) is 38.8 Å². The zero-order chi connectivity index (χ0) is 43.6. The number of para-hydroxylation sites is 2. The molecule has 1 aliphatic carbocycles. The van der Waals surface area contributed by atoms with Crippen LogP contribution in [0.3, 0.4) is 0 Å². The summed E-state index contributed by atoms with van der Waals surface area (Å²) in [6.07, 6.45) is 9.34. The van der Waals surface area contributed by atoms with E-state index in [9.17, 15) is 48.5 Å². The average molecular weight is 874 g/mol. The van der Waals surface area contributed by atoms with Gasteiger partial charge in [-0.1, -0.05) is 68.5 Å². The molecule has 0 fully saturated rings. The van der Waals surface area contributed by atoms with Gasteiger partial charge in [0.25, 0.3) is 30.4 Å². The van der Waals surface area contributed by atoms with Gasteiger partial charge in [0.1, 0.15) is 12.0 Å². The molecule has 3 aliphatic rings. The standard InChI is InChI=1S/C41H52N4O11S3/c1-39(2)31-12-6-8-14-33(31)44(21-10-23-57(48,49)50)35(39)18-16-29-26-30(28-41(27-29,37(46)42-5)38(47)43-20-25-59(54,55)56)17-19-36-40(3,4)32-13-7-9-15-34(32)45(36)22-11-24-58(51,52)53/h6-9,12-19,26H,10-11,20-25,27-28H2,1-5H3,(H4-,42,43,46,47,48,49,50,51,52,53,54,55,56)/p+1. The smallest absolute Gasteiger partial charge is 0.266 e. The van der Waals surface area contributed by atoms with Gasteiger partial charge in [-0.05, 0) is 62.0 Å². The van der Waals surface area contributed by atoms with Gasteiger partial charge in [0.05, 0.1) is 22.7 Å². The van der Waals surface area contributed by atoms with Crippen molar-refractivity contribution in [2.24, 2.45) is 5.41 Å². The number of rotatable bonds is 16. The molecule has 5 N–H and O–H groups in total. The van der Waals surface area contributed by atoms with Crippen molar-refractivity contribution < 1.29 is 53.1 Å². The van der Waals surface area contributed by atoms with E-state index in [1.807, 2.05) is 104 Å². The predicted octanol–water partition coefficient (Wildman–Crippen LogP) is 4.24. The van der Waals surface area contributed by atoms with Gasteiger partial charge in [-0.2, -0.15) is 29.8 Å². The third-order valence-electron chi connectivity index (χ3n) is 11.2. The van der Waals surface area contributed by atoms with Crippen LogP contribution in [0.5, 0.6) is 0 Å². The summed E-state index contributed by atoms with van der Waals surface area (Å²) in [5.41, 5.74) is 3.62. The normalized spacial score (nSPS) is 21.5. The number of carbonyl (C=O) groups excluding carboxylic acids is 2. The Morgan fingerprint density at radius 1 is 0.763 bits per heavy atom. The first kappa shape index (κ1) is 45.6. The van der Waals surface area contributed by atoms with Crippen LogP contribution in [0.15, 0.2) is 95.8 Å². The van der Waals surface area contributed by atoms with E-state index in [1.54, 1.807) is 12.2 Å². The van der Waals surface area contributed by atoms with E-state index in [0.717, 1.165) is 33.9 Å². The Bertz CT molecular complexity index is 2500. The number of amides is 2. The highest BCUT2D eigenvalue weighted by Gasteiger charge is 2.49. The van der Waals surface area contributed by atoms with Crippen LogP contribution >= 0.6 is 0 Å². The number of benzene rings is 2. The van der Waals surface area contributed by atoms with E-state index in [0.29, 0.717) is 11.1 Å². The lowest BCUT2D eigenvalue weighted by Crippen LogP contribution is -2.52. The van der Waals surface area contributed by atoms with Crippen molar-refractivity contribution >= 4 is 59.3 Å². The first-order chi connectivity index (χ1) is 27.4. The summed E-state index contributed by atoms with van der Waals surface area (Å²) in [5, 5.41) is 5.15. The molecule has 0 bridgehead atoms. The van der Waals surface area contributed by atoms with Crippen LogP contribution in [0.2, 0.25) is 0 Å². The van der Waals surface area contributed by atoms with Gasteiger partial charge in [0.15, 0.2) is 5.71 Å². The summed E-state index contributed by atoms with van der Waals surface area (Å²) in [7, 11) is -11.4. The molecule has 0 aromatic heterocycles. The van der Waals surface area contributed by atoms with Gasteiger partial charge in [0, 0.05) is 61.1 Å². The molecule has 2 amide bonds. The molecule has 2 aromatic rings. The third kappa shape index (κ3) is 10.5. The Morgan fingerprint density at radius 2 is 1.37 bits per heavy atom. The van der Waals surface area contributed by atoms with E-state index in [2.05, 4.69) is 10.6 Å². The second-order valence-corrected chi connectivity index (χ2v) is 20.9. The van der Waals surface area contributed by atoms with E-state index < -0.39 is 82.2 Å². The highest BCUT2D eigenvalue weighted by Crippen LogP contribution is 2.48. The van der Waals surface area contributed by atoms with Gasteiger partial charge < -0.3 is 15.5 Å². The molecular formula is C41H53N4O11S3+. The fourth-order valence-corrected chi connectivity index (χ4v) is 9.73. The number of nitrogens with zero attached hydrogens (tertiary/aromatic N) is 2. The molecule has 5 rings (SSSR count). The van der Waals surface area contributed by atoms with Crippen molar-refractivity contribution in [3.05, 3.63) is 107 Å². The van der Waals surface area contributed by atoms with Gasteiger partial charge in [0.2, 0.25) is 17.5 Å².